The van der Waals surface area contributed by atoms with Gasteiger partial charge >= 0.3 is 0 Å². The van der Waals surface area contributed by atoms with Crippen molar-refractivity contribution in [1.82, 2.24) is 9.88 Å². The van der Waals surface area contributed by atoms with Gasteiger partial charge in [0.05, 0.1) is 6.04 Å². The molecule has 2 heterocycles. The molecule has 2 rings (SSSR count). The minimum absolute atomic E-state index is 0.0757. The summed E-state index contributed by atoms with van der Waals surface area (Å²) in [5.74, 6) is 6.16. The van der Waals surface area contributed by atoms with Crippen LogP contribution >= 0.6 is 0 Å². The number of hydrogen-bond acceptors (Lipinski definition) is 3. The van der Waals surface area contributed by atoms with Crippen molar-refractivity contribution >= 4 is 11.7 Å². The third kappa shape index (κ3) is 2.87. The van der Waals surface area contributed by atoms with E-state index in [2.05, 4.69) is 22.9 Å². The predicted octanol–water partition coefficient (Wildman–Crippen LogP) is 1.83. The van der Waals surface area contributed by atoms with Gasteiger partial charge in [-0.15, -0.1) is 0 Å². The van der Waals surface area contributed by atoms with E-state index in [1.165, 1.54) is 0 Å². The maximum Gasteiger partial charge on any atom is 0.298 e. The van der Waals surface area contributed by atoms with Crippen molar-refractivity contribution < 1.29 is 4.79 Å². The average molecular weight is 257 g/mol. The van der Waals surface area contributed by atoms with Gasteiger partial charge < -0.3 is 9.80 Å². The van der Waals surface area contributed by atoms with E-state index in [1.807, 2.05) is 30.0 Å². The lowest BCUT2D eigenvalue weighted by Crippen LogP contribution is -2.29. The number of aromatic nitrogens is 1. The predicted molar refractivity (Wildman–Crippen MR) is 75.7 cm³/mol. The first-order valence-electron chi connectivity index (χ1n) is 6.50. The van der Waals surface area contributed by atoms with Crippen LogP contribution in [0.4, 0.5) is 5.82 Å². The molecule has 0 N–H and O–H groups in total. The van der Waals surface area contributed by atoms with Gasteiger partial charge in [-0.1, -0.05) is 5.92 Å². The largest absolute Gasteiger partial charge is 0.363 e. The average Bonchev–Trinajstić information content (AvgIpc) is 2.88. The second-order valence-corrected chi connectivity index (χ2v) is 4.87. The highest BCUT2D eigenvalue weighted by Gasteiger charge is 2.29. The Labute approximate surface area is 114 Å². The van der Waals surface area contributed by atoms with Gasteiger partial charge in [0.15, 0.2) is 0 Å². The molecule has 19 heavy (non-hydrogen) atoms. The maximum absolute atomic E-state index is 12.0. The number of carbonyl (C=O) groups excluding carboxylic acids is 1. The monoisotopic (exact) mass is 257 g/mol. The van der Waals surface area contributed by atoms with Crippen molar-refractivity contribution in [2.45, 2.75) is 25.8 Å². The molecule has 4 nitrogen and oxygen atoms in total. The van der Waals surface area contributed by atoms with Gasteiger partial charge in [-0.25, -0.2) is 4.98 Å². The van der Waals surface area contributed by atoms with Crippen molar-refractivity contribution in [3.63, 3.8) is 0 Å². The molecule has 0 saturated carbocycles. The SMILES string of the molecule is CC#CC(=O)N1CCCC1c1ccnc(N(C)C)c1. The number of hydrogen-bond donors (Lipinski definition) is 0. The zero-order chi connectivity index (χ0) is 13.8. The molecule has 1 aromatic heterocycles. The maximum atomic E-state index is 12.0. The number of carbonyl (C=O) groups is 1. The smallest absolute Gasteiger partial charge is 0.298 e. The van der Waals surface area contributed by atoms with E-state index in [4.69, 9.17) is 0 Å². The molecule has 0 radical (unpaired) electrons. The van der Waals surface area contributed by atoms with Crippen molar-refractivity contribution in [3.05, 3.63) is 23.9 Å². The van der Waals surface area contributed by atoms with Crippen molar-refractivity contribution in [2.24, 2.45) is 0 Å². The fourth-order valence-electron chi connectivity index (χ4n) is 2.42. The minimum atomic E-state index is -0.0757. The molecule has 100 valence electrons. The molecular formula is C15H19N3O. The molecule has 1 aliphatic heterocycles. The molecule has 0 spiro atoms. The number of anilines is 1. The molecule has 4 heteroatoms. The lowest BCUT2D eigenvalue weighted by Gasteiger charge is -2.23. The summed E-state index contributed by atoms with van der Waals surface area (Å²) >= 11 is 0. The second-order valence-electron chi connectivity index (χ2n) is 4.87. The van der Waals surface area contributed by atoms with Gasteiger partial charge in [-0.05, 0) is 43.4 Å². The Kier molecular flexibility index (Phi) is 4.06. The van der Waals surface area contributed by atoms with E-state index in [0.29, 0.717) is 0 Å². The van der Waals surface area contributed by atoms with Gasteiger partial charge in [0.1, 0.15) is 5.82 Å². The Balaban J connectivity index is 2.26. The normalized spacial score (nSPS) is 17.8. The fourth-order valence-corrected chi connectivity index (χ4v) is 2.42. The lowest BCUT2D eigenvalue weighted by atomic mass is 10.1. The Morgan fingerprint density at radius 1 is 1.53 bits per heavy atom. The highest BCUT2D eigenvalue weighted by atomic mass is 16.2. The molecule has 1 aliphatic rings. The van der Waals surface area contributed by atoms with Crippen LogP contribution in [0, 0.1) is 11.8 Å². The van der Waals surface area contributed by atoms with Crippen LogP contribution in [-0.2, 0) is 4.79 Å². The quantitative estimate of drug-likeness (QED) is 0.758. The summed E-state index contributed by atoms with van der Waals surface area (Å²) < 4.78 is 0. The number of nitrogens with zero attached hydrogens (tertiary/aromatic N) is 3. The van der Waals surface area contributed by atoms with Crippen molar-refractivity contribution in [1.29, 1.82) is 0 Å². The summed E-state index contributed by atoms with van der Waals surface area (Å²) in [4.78, 5) is 20.1. The van der Waals surface area contributed by atoms with Crippen LogP contribution in [-0.4, -0.2) is 36.4 Å². The molecule has 0 bridgehead atoms. The minimum Gasteiger partial charge on any atom is -0.363 e. The van der Waals surface area contributed by atoms with Crippen LogP contribution in [0.25, 0.3) is 0 Å². The Morgan fingerprint density at radius 2 is 2.32 bits per heavy atom. The van der Waals surface area contributed by atoms with E-state index in [9.17, 15) is 4.79 Å². The Hall–Kier alpha value is -2.02. The van der Waals surface area contributed by atoms with E-state index in [-0.39, 0.29) is 11.9 Å². The lowest BCUT2D eigenvalue weighted by molar-refractivity contribution is -0.126. The van der Waals surface area contributed by atoms with Gasteiger partial charge in [-0.3, -0.25) is 4.79 Å². The standard InChI is InChI=1S/C15H19N3O/c1-4-6-15(19)18-10-5-7-13(18)12-8-9-16-14(11-12)17(2)3/h8-9,11,13H,5,7,10H2,1-3H3. The summed E-state index contributed by atoms with van der Waals surface area (Å²) in [5, 5.41) is 0. The summed E-state index contributed by atoms with van der Waals surface area (Å²) in [6, 6.07) is 4.17. The number of rotatable bonds is 2. The summed E-state index contributed by atoms with van der Waals surface area (Å²) in [6.07, 6.45) is 3.83. The van der Waals surface area contributed by atoms with Gasteiger partial charge in [0.25, 0.3) is 5.91 Å². The van der Waals surface area contributed by atoms with E-state index < -0.39 is 0 Å². The molecule has 1 amide bonds. The molecule has 1 fully saturated rings. The molecule has 0 aromatic carbocycles. The Bertz CT molecular complexity index is 528. The second kappa shape index (κ2) is 5.75. The van der Waals surface area contributed by atoms with Gasteiger partial charge in [-0.2, -0.15) is 0 Å². The van der Waals surface area contributed by atoms with Crippen LogP contribution in [0.3, 0.4) is 0 Å². The zero-order valence-corrected chi connectivity index (χ0v) is 11.7. The zero-order valence-electron chi connectivity index (χ0n) is 11.7. The van der Waals surface area contributed by atoms with Crippen LogP contribution in [0.5, 0.6) is 0 Å². The summed E-state index contributed by atoms with van der Waals surface area (Å²) in [6.45, 7) is 2.48. The third-order valence-electron chi connectivity index (χ3n) is 3.36. The third-order valence-corrected chi connectivity index (χ3v) is 3.36. The van der Waals surface area contributed by atoms with E-state index >= 15 is 0 Å². The number of likely N-dealkylation sites (tertiary alicyclic amines) is 1. The van der Waals surface area contributed by atoms with Gasteiger partial charge in [0.2, 0.25) is 0 Å². The topological polar surface area (TPSA) is 36.4 Å². The first-order valence-corrected chi connectivity index (χ1v) is 6.50. The molecule has 0 aliphatic carbocycles. The van der Waals surface area contributed by atoms with Gasteiger partial charge in [0, 0.05) is 26.8 Å². The first-order chi connectivity index (χ1) is 9.13. The number of amides is 1. The van der Waals surface area contributed by atoms with E-state index in [0.717, 1.165) is 30.8 Å². The summed E-state index contributed by atoms with van der Waals surface area (Å²) in [5.41, 5.74) is 1.14. The van der Waals surface area contributed by atoms with Crippen LogP contribution in [0.15, 0.2) is 18.3 Å². The molecule has 1 saturated heterocycles. The number of pyridine rings is 1. The van der Waals surface area contributed by atoms with E-state index in [1.54, 1.807) is 13.1 Å². The fraction of sp³-hybridized carbons (Fsp3) is 0.467. The highest BCUT2D eigenvalue weighted by molar-refractivity contribution is 5.93. The first kappa shape index (κ1) is 13.4. The van der Waals surface area contributed by atoms with Crippen molar-refractivity contribution in [2.75, 3.05) is 25.5 Å². The van der Waals surface area contributed by atoms with Crippen molar-refractivity contribution in [3.8, 4) is 11.8 Å². The molecule has 1 atom stereocenters. The van der Waals surface area contributed by atoms with Crippen LogP contribution < -0.4 is 4.90 Å². The van der Waals surface area contributed by atoms with Crippen LogP contribution in [0.1, 0.15) is 31.4 Å². The molecule has 1 unspecified atom stereocenters. The summed E-state index contributed by atoms with van der Waals surface area (Å²) in [7, 11) is 3.93. The highest BCUT2D eigenvalue weighted by Crippen LogP contribution is 2.32. The molecular weight excluding hydrogens is 238 g/mol. The molecule has 1 aromatic rings. The Morgan fingerprint density at radius 3 is 3.00 bits per heavy atom. The van der Waals surface area contributed by atoms with Crippen LogP contribution in [0.2, 0.25) is 0 Å².